The minimum atomic E-state index is -3.48. The van der Waals surface area contributed by atoms with Gasteiger partial charge in [-0.1, -0.05) is 6.08 Å². The molecule has 0 saturated heterocycles. The Balaban J connectivity index is 2.10. The van der Waals surface area contributed by atoms with Gasteiger partial charge in [0.25, 0.3) is 0 Å². The Morgan fingerprint density at radius 2 is 2.00 bits per heavy atom. The van der Waals surface area contributed by atoms with E-state index in [1.807, 2.05) is 0 Å². The molecule has 0 aliphatic heterocycles. The van der Waals surface area contributed by atoms with E-state index in [9.17, 15) is 8.42 Å². The Hall–Kier alpha value is -1.37. The van der Waals surface area contributed by atoms with Crippen molar-refractivity contribution in [1.29, 1.82) is 0 Å². The van der Waals surface area contributed by atoms with E-state index in [0.717, 1.165) is 12.8 Å². The van der Waals surface area contributed by atoms with Crippen LogP contribution in [0.1, 0.15) is 19.3 Å². The summed E-state index contributed by atoms with van der Waals surface area (Å²) in [5.74, 6) is 0.601. The third kappa shape index (κ3) is 4.06. The van der Waals surface area contributed by atoms with Crippen LogP contribution >= 0.6 is 0 Å². The standard InChI is InChI=1S/C15H21NO4S/c1-2-10-16(13-4-5-13)21(18,19)15-8-6-14(7-9-15)20-12-3-11-17/h2,6-9,13,17H,1,3-5,10-12H2. The highest BCUT2D eigenvalue weighted by atomic mass is 32.2. The van der Waals surface area contributed by atoms with Gasteiger partial charge in [0.2, 0.25) is 10.0 Å². The van der Waals surface area contributed by atoms with Crippen molar-refractivity contribution in [3.05, 3.63) is 36.9 Å². The zero-order valence-corrected chi connectivity index (χ0v) is 12.8. The van der Waals surface area contributed by atoms with E-state index in [-0.39, 0.29) is 17.5 Å². The van der Waals surface area contributed by atoms with Crippen molar-refractivity contribution in [2.75, 3.05) is 19.8 Å². The quantitative estimate of drug-likeness (QED) is 0.558. The van der Waals surface area contributed by atoms with E-state index in [0.29, 0.717) is 25.3 Å². The van der Waals surface area contributed by atoms with Gasteiger partial charge in [-0.25, -0.2) is 8.42 Å². The van der Waals surface area contributed by atoms with Crippen molar-refractivity contribution in [1.82, 2.24) is 4.31 Å². The molecule has 1 fully saturated rings. The molecule has 0 spiro atoms. The van der Waals surface area contributed by atoms with Crippen LogP contribution in [0.2, 0.25) is 0 Å². The lowest BCUT2D eigenvalue weighted by molar-refractivity contribution is 0.233. The van der Waals surface area contributed by atoms with Crippen LogP contribution in [0.15, 0.2) is 41.8 Å². The molecule has 116 valence electrons. The first-order valence-corrected chi connectivity index (χ1v) is 8.50. The molecular weight excluding hydrogens is 290 g/mol. The zero-order valence-electron chi connectivity index (χ0n) is 11.9. The van der Waals surface area contributed by atoms with Gasteiger partial charge >= 0.3 is 0 Å². The Labute approximate surface area is 125 Å². The first-order valence-electron chi connectivity index (χ1n) is 7.06. The lowest BCUT2D eigenvalue weighted by atomic mass is 10.3. The van der Waals surface area contributed by atoms with Gasteiger partial charge in [0.15, 0.2) is 0 Å². The number of aliphatic hydroxyl groups is 1. The molecule has 1 saturated carbocycles. The number of rotatable bonds is 9. The molecule has 0 radical (unpaired) electrons. The summed E-state index contributed by atoms with van der Waals surface area (Å²) < 4.78 is 32.1. The summed E-state index contributed by atoms with van der Waals surface area (Å²) in [6.45, 7) is 4.45. The molecule has 1 aliphatic carbocycles. The molecule has 0 unspecified atom stereocenters. The number of hydrogen-bond acceptors (Lipinski definition) is 4. The smallest absolute Gasteiger partial charge is 0.243 e. The van der Waals surface area contributed by atoms with Crippen molar-refractivity contribution < 1.29 is 18.3 Å². The molecule has 1 N–H and O–H groups in total. The number of ether oxygens (including phenoxy) is 1. The minimum Gasteiger partial charge on any atom is -0.494 e. The summed E-state index contributed by atoms with van der Waals surface area (Å²) in [5, 5.41) is 8.69. The summed E-state index contributed by atoms with van der Waals surface area (Å²) in [6.07, 6.45) is 3.99. The maximum atomic E-state index is 12.6. The summed E-state index contributed by atoms with van der Waals surface area (Å²) in [4.78, 5) is 0.269. The largest absolute Gasteiger partial charge is 0.494 e. The fourth-order valence-electron chi connectivity index (χ4n) is 2.03. The molecule has 5 nitrogen and oxygen atoms in total. The van der Waals surface area contributed by atoms with Crippen LogP contribution < -0.4 is 4.74 Å². The summed E-state index contributed by atoms with van der Waals surface area (Å²) in [6, 6.07) is 6.50. The lowest BCUT2D eigenvalue weighted by Crippen LogP contribution is -2.33. The van der Waals surface area contributed by atoms with Crippen LogP contribution in [0.3, 0.4) is 0 Å². The second-order valence-electron chi connectivity index (χ2n) is 4.99. The van der Waals surface area contributed by atoms with Crippen molar-refractivity contribution in [2.24, 2.45) is 0 Å². The molecule has 1 aliphatic rings. The predicted molar refractivity (Wildman–Crippen MR) is 80.8 cm³/mol. The number of sulfonamides is 1. The molecule has 0 bridgehead atoms. The van der Waals surface area contributed by atoms with Crippen LogP contribution in [0, 0.1) is 0 Å². The monoisotopic (exact) mass is 311 g/mol. The number of benzene rings is 1. The molecule has 0 atom stereocenters. The normalized spacial score (nSPS) is 15.1. The summed E-state index contributed by atoms with van der Waals surface area (Å²) in [7, 11) is -3.48. The zero-order chi connectivity index (χ0) is 15.3. The molecule has 1 aromatic carbocycles. The molecule has 21 heavy (non-hydrogen) atoms. The Bertz CT molecular complexity index is 564. The van der Waals surface area contributed by atoms with Gasteiger partial charge in [-0.3, -0.25) is 0 Å². The summed E-state index contributed by atoms with van der Waals surface area (Å²) in [5.41, 5.74) is 0. The number of hydrogen-bond donors (Lipinski definition) is 1. The van der Waals surface area contributed by atoms with Crippen LogP contribution in [-0.4, -0.2) is 43.6 Å². The number of nitrogens with zero attached hydrogens (tertiary/aromatic N) is 1. The predicted octanol–water partition coefficient (Wildman–Crippen LogP) is 1.79. The minimum absolute atomic E-state index is 0.0738. The first kappa shape index (κ1) is 16.0. The Kier molecular flexibility index (Phi) is 5.39. The van der Waals surface area contributed by atoms with Gasteiger partial charge in [-0.2, -0.15) is 4.31 Å². The van der Waals surface area contributed by atoms with Gasteiger partial charge in [-0.05, 0) is 37.1 Å². The van der Waals surface area contributed by atoms with E-state index in [2.05, 4.69) is 6.58 Å². The molecule has 0 aromatic heterocycles. The van der Waals surface area contributed by atoms with Gasteiger partial charge in [0.1, 0.15) is 5.75 Å². The molecule has 0 heterocycles. The van der Waals surface area contributed by atoms with E-state index in [1.54, 1.807) is 30.3 Å². The Morgan fingerprint density at radius 3 is 2.52 bits per heavy atom. The van der Waals surface area contributed by atoms with Crippen LogP contribution in [0.4, 0.5) is 0 Å². The third-order valence-corrected chi connectivity index (χ3v) is 5.20. The average Bonchev–Trinajstić information content (AvgIpc) is 3.30. The lowest BCUT2D eigenvalue weighted by Gasteiger charge is -2.20. The maximum absolute atomic E-state index is 12.6. The van der Waals surface area contributed by atoms with E-state index < -0.39 is 10.0 Å². The Morgan fingerprint density at radius 1 is 1.33 bits per heavy atom. The number of aliphatic hydroxyl groups excluding tert-OH is 1. The van der Waals surface area contributed by atoms with Gasteiger partial charge in [0, 0.05) is 25.6 Å². The fraction of sp³-hybridized carbons (Fsp3) is 0.467. The third-order valence-electron chi connectivity index (χ3n) is 3.26. The van der Waals surface area contributed by atoms with Crippen molar-refractivity contribution in [3.63, 3.8) is 0 Å². The average molecular weight is 311 g/mol. The van der Waals surface area contributed by atoms with Gasteiger partial charge < -0.3 is 9.84 Å². The second kappa shape index (κ2) is 7.06. The van der Waals surface area contributed by atoms with E-state index >= 15 is 0 Å². The first-order chi connectivity index (χ1) is 10.1. The van der Waals surface area contributed by atoms with Crippen LogP contribution in [0.5, 0.6) is 5.75 Å². The highest BCUT2D eigenvalue weighted by Gasteiger charge is 2.37. The molecule has 1 aromatic rings. The van der Waals surface area contributed by atoms with Gasteiger partial charge in [-0.15, -0.1) is 6.58 Å². The molecular formula is C15H21NO4S. The summed E-state index contributed by atoms with van der Waals surface area (Å²) >= 11 is 0. The second-order valence-corrected chi connectivity index (χ2v) is 6.88. The molecule has 0 amide bonds. The maximum Gasteiger partial charge on any atom is 0.243 e. The highest BCUT2D eigenvalue weighted by molar-refractivity contribution is 7.89. The SMILES string of the molecule is C=CCN(C1CC1)S(=O)(=O)c1ccc(OCCCO)cc1. The van der Waals surface area contributed by atoms with Crippen molar-refractivity contribution >= 4 is 10.0 Å². The van der Waals surface area contributed by atoms with E-state index in [1.165, 1.54) is 4.31 Å². The van der Waals surface area contributed by atoms with E-state index in [4.69, 9.17) is 9.84 Å². The molecule has 2 rings (SSSR count). The van der Waals surface area contributed by atoms with Crippen LogP contribution in [0.25, 0.3) is 0 Å². The van der Waals surface area contributed by atoms with Gasteiger partial charge in [0.05, 0.1) is 11.5 Å². The highest BCUT2D eigenvalue weighted by Crippen LogP contribution is 2.32. The van der Waals surface area contributed by atoms with Crippen molar-refractivity contribution in [3.8, 4) is 5.75 Å². The molecule has 6 heteroatoms. The fourth-order valence-corrected chi connectivity index (χ4v) is 3.69. The topological polar surface area (TPSA) is 66.8 Å². The van der Waals surface area contributed by atoms with Crippen LogP contribution in [-0.2, 0) is 10.0 Å². The van der Waals surface area contributed by atoms with Crippen molar-refractivity contribution in [2.45, 2.75) is 30.2 Å².